The molecule has 2 heterocycles. The van der Waals surface area contributed by atoms with Crippen LogP contribution < -0.4 is 9.47 Å². The monoisotopic (exact) mass is 368 g/mol. The second-order valence-corrected chi connectivity index (χ2v) is 7.79. The van der Waals surface area contributed by atoms with Gasteiger partial charge in [-0.05, 0) is 48.2 Å². The molecule has 2 saturated heterocycles. The summed E-state index contributed by atoms with van der Waals surface area (Å²) in [5.74, 6) is 1.73. The maximum absolute atomic E-state index is 5.88. The predicted molar refractivity (Wildman–Crippen MR) is 104 cm³/mol. The van der Waals surface area contributed by atoms with Gasteiger partial charge in [0.1, 0.15) is 11.5 Å². The van der Waals surface area contributed by atoms with Crippen LogP contribution in [-0.4, -0.2) is 25.8 Å². The van der Waals surface area contributed by atoms with Gasteiger partial charge in [-0.15, -0.1) is 0 Å². The molecule has 2 unspecified atom stereocenters. The average Bonchev–Trinajstić information content (AvgIpc) is 3.37. The van der Waals surface area contributed by atoms with Crippen molar-refractivity contribution in [2.75, 3.05) is 13.2 Å². The highest BCUT2D eigenvalue weighted by Gasteiger charge is 2.24. The van der Waals surface area contributed by atoms with E-state index >= 15 is 0 Å². The summed E-state index contributed by atoms with van der Waals surface area (Å²) in [6.07, 6.45) is 3.88. The van der Waals surface area contributed by atoms with E-state index in [1.807, 2.05) is 24.3 Å². The summed E-state index contributed by atoms with van der Waals surface area (Å²) in [4.78, 5) is 0. The van der Waals surface area contributed by atoms with Crippen LogP contribution >= 0.6 is 0 Å². The van der Waals surface area contributed by atoms with Crippen LogP contribution in [0, 0.1) is 0 Å². The molecule has 144 valence electrons. The molecule has 2 fully saturated rings. The Morgan fingerprint density at radius 3 is 1.44 bits per heavy atom. The molecular weight excluding hydrogens is 340 g/mol. The number of ether oxygens (including phenoxy) is 4. The molecule has 0 bridgehead atoms. The summed E-state index contributed by atoms with van der Waals surface area (Å²) in [6, 6.07) is 16.7. The van der Waals surface area contributed by atoms with Crippen molar-refractivity contribution in [2.24, 2.45) is 0 Å². The second-order valence-electron chi connectivity index (χ2n) is 7.79. The minimum absolute atomic E-state index is 0.0970. The van der Waals surface area contributed by atoms with Gasteiger partial charge < -0.3 is 18.9 Å². The molecule has 0 spiro atoms. The molecule has 2 aromatic carbocycles. The van der Waals surface area contributed by atoms with Gasteiger partial charge in [0, 0.05) is 18.3 Å². The minimum Gasteiger partial charge on any atom is -0.465 e. The van der Waals surface area contributed by atoms with Crippen molar-refractivity contribution in [3.05, 3.63) is 59.7 Å². The Morgan fingerprint density at radius 1 is 0.704 bits per heavy atom. The van der Waals surface area contributed by atoms with Crippen LogP contribution in [0.3, 0.4) is 0 Å². The number of hydrogen-bond donors (Lipinski definition) is 0. The lowest BCUT2D eigenvalue weighted by molar-refractivity contribution is -0.0393. The molecule has 2 aliphatic rings. The lowest BCUT2D eigenvalue weighted by Crippen LogP contribution is -2.19. The molecule has 2 atom stereocenters. The van der Waals surface area contributed by atoms with E-state index in [9.17, 15) is 0 Å². The third kappa shape index (κ3) is 4.28. The number of benzene rings is 2. The van der Waals surface area contributed by atoms with Crippen LogP contribution in [0.4, 0.5) is 0 Å². The van der Waals surface area contributed by atoms with Crippen molar-refractivity contribution in [3.63, 3.8) is 0 Å². The fourth-order valence-corrected chi connectivity index (χ4v) is 3.65. The molecule has 2 aliphatic heterocycles. The largest absolute Gasteiger partial charge is 0.465 e. The quantitative estimate of drug-likeness (QED) is 0.715. The van der Waals surface area contributed by atoms with Crippen molar-refractivity contribution in [1.82, 2.24) is 0 Å². The van der Waals surface area contributed by atoms with Crippen molar-refractivity contribution < 1.29 is 18.9 Å². The first-order valence-corrected chi connectivity index (χ1v) is 9.89. The zero-order valence-electron chi connectivity index (χ0n) is 16.1. The molecule has 27 heavy (non-hydrogen) atoms. The molecule has 0 saturated carbocycles. The Balaban J connectivity index is 1.43. The predicted octanol–water partition coefficient (Wildman–Crippen LogP) is 5.04. The summed E-state index contributed by atoms with van der Waals surface area (Å²) in [6.45, 7) is 6.06. The van der Waals surface area contributed by atoms with E-state index in [1.165, 1.54) is 11.1 Å². The summed E-state index contributed by atoms with van der Waals surface area (Å²) >= 11 is 0. The van der Waals surface area contributed by atoms with Gasteiger partial charge in [-0.2, -0.15) is 0 Å². The van der Waals surface area contributed by atoms with Gasteiger partial charge in [-0.1, -0.05) is 38.1 Å². The summed E-state index contributed by atoms with van der Waals surface area (Å²) in [5, 5.41) is 0. The Labute approximate surface area is 161 Å². The Hall–Kier alpha value is -2.04. The van der Waals surface area contributed by atoms with Gasteiger partial charge in [-0.3, -0.25) is 0 Å². The van der Waals surface area contributed by atoms with Gasteiger partial charge in [0.25, 0.3) is 0 Å². The van der Waals surface area contributed by atoms with Crippen LogP contribution in [0.25, 0.3) is 0 Å². The van der Waals surface area contributed by atoms with E-state index < -0.39 is 0 Å². The lowest BCUT2D eigenvalue weighted by Gasteiger charge is -2.27. The van der Waals surface area contributed by atoms with Gasteiger partial charge in [-0.25, -0.2) is 0 Å². The molecule has 0 aromatic heterocycles. The summed E-state index contributed by atoms with van der Waals surface area (Å²) < 4.78 is 22.8. The van der Waals surface area contributed by atoms with Crippen LogP contribution in [0.15, 0.2) is 48.5 Å². The lowest BCUT2D eigenvalue weighted by atomic mass is 9.78. The molecular formula is C23H28O4. The zero-order chi connectivity index (χ0) is 18.7. The fourth-order valence-electron chi connectivity index (χ4n) is 3.65. The normalized spacial score (nSPS) is 22.7. The maximum atomic E-state index is 5.88. The minimum atomic E-state index is -0.106. The highest BCUT2D eigenvalue weighted by molar-refractivity contribution is 5.41. The molecule has 4 heteroatoms. The van der Waals surface area contributed by atoms with Crippen LogP contribution in [0.5, 0.6) is 11.5 Å². The average molecular weight is 368 g/mol. The third-order valence-electron chi connectivity index (χ3n) is 5.46. The van der Waals surface area contributed by atoms with E-state index in [2.05, 4.69) is 38.1 Å². The SMILES string of the molecule is CC(C)(c1ccc(OC2CCCO2)cc1)c1ccc(OC2CCCO2)cc1. The molecule has 2 aromatic rings. The Morgan fingerprint density at radius 2 is 1.11 bits per heavy atom. The highest BCUT2D eigenvalue weighted by Crippen LogP contribution is 2.34. The van der Waals surface area contributed by atoms with Gasteiger partial charge in [0.15, 0.2) is 12.6 Å². The topological polar surface area (TPSA) is 36.9 Å². The molecule has 0 amide bonds. The number of rotatable bonds is 6. The van der Waals surface area contributed by atoms with E-state index in [0.717, 1.165) is 50.4 Å². The standard InChI is InChI=1S/C23H28O4/c1-23(2,17-7-11-19(12-8-17)26-21-5-3-15-24-21)18-9-13-20(14-10-18)27-22-6-4-16-25-22/h7-14,21-22H,3-6,15-16H2,1-2H3. The number of hydrogen-bond acceptors (Lipinski definition) is 4. The smallest absolute Gasteiger partial charge is 0.199 e. The van der Waals surface area contributed by atoms with Crippen molar-refractivity contribution in [1.29, 1.82) is 0 Å². The van der Waals surface area contributed by atoms with E-state index in [1.54, 1.807) is 0 Å². The van der Waals surface area contributed by atoms with Gasteiger partial charge in [0.2, 0.25) is 0 Å². The van der Waals surface area contributed by atoms with Crippen molar-refractivity contribution in [2.45, 2.75) is 57.5 Å². The molecule has 4 rings (SSSR count). The van der Waals surface area contributed by atoms with E-state index in [-0.39, 0.29) is 18.0 Å². The molecule has 4 nitrogen and oxygen atoms in total. The first kappa shape index (κ1) is 18.3. The zero-order valence-corrected chi connectivity index (χ0v) is 16.1. The summed E-state index contributed by atoms with van der Waals surface area (Å²) in [7, 11) is 0. The molecule has 0 aliphatic carbocycles. The fraction of sp³-hybridized carbons (Fsp3) is 0.478. The Kier molecular flexibility index (Phi) is 5.37. The van der Waals surface area contributed by atoms with E-state index in [0.29, 0.717) is 0 Å². The van der Waals surface area contributed by atoms with E-state index in [4.69, 9.17) is 18.9 Å². The first-order valence-electron chi connectivity index (χ1n) is 9.89. The van der Waals surface area contributed by atoms with Crippen LogP contribution in [-0.2, 0) is 14.9 Å². The summed E-state index contributed by atoms with van der Waals surface area (Å²) in [5.41, 5.74) is 2.38. The highest BCUT2D eigenvalue weighted by atomic mass is 16.7. The van der Waals surface area contributed by atoms with Crippen LogP contribution in [0.2, 0.25) is 0 Å². The first-order chi connectivity index (χ1) is 13.1. The van der Waals surface area contributed by atoms with Gasteiger partial charge in [0.05, 0.1) is 13.2 Å². The van der Waals surface area contributed by atoms with Gasteiger partial charge >= 0.3 is 0 Å². The maximum Gasteiger partial charge on any atom is 0.199 e. The second kappa shape index (κ2) is 7.91. The van der Waals surface area contributed by atoms with Crippen molar-refractivity contribution >= 4 is 0 Å². The molecule has 0 N–H and O–H groups in total. The van der Waals surface area contributed by atoms with Crippen LogP contribution in [0.1, 0.15) is 50.7 Å². The molecule has 0 radical (unpaired) electrons. The Bertz CT molecular complexity index is 660. The third-order valence-corrected chi connectivity index (χ3v) is 5.46. The van der Waals surface area contributed by atoms with Crippen molar-refractivity contribution in [3.8, 4) is 11.5 Å².